The summed E-state index contributed by atoms with van der Waals surface area (Å²) in [5.74, 6) is 0.805. The summed E-state index contributed by atoms with van der Waals surface area (Å²) in [4.78, 5) is 11.7. The van der Waals surface area contributed by atoms with Crippen molar-refractivity contribution in [3.8, 4) is 0 Å². The quantitative estimate of drug-likeness (QED) is 0.779. The molecular weight excluding hydrogens is 254 g/mol. The van der Waals surface area contributed by atoms with Crippen molar-refractivity contribution in [3.05, 3.63) is 48.0 Å². The monoisotopic (exact) mass is 273 g/mol. The summed E-state index contributed by atoms with van der Waals surface area (Å²) in [7, 11) is 0. The van der Waals surface area contributed by atoms with Crippen molar-refractivity contribution in [2.45, 2.75) is 26.6 Å². The van der Waals surface area contributed by atoms with Gasteiger partial charge in [0.15, 0.2) is 0 Å². The molecule has 0 saturated carbocycles. The number of aromatic nitrogens is 3. The molecule has 1 amide bonds. The normalized spacial score (nSPS) is 10.4. The van der Waals surface area contributed by atoms with Gasteiger partial charge in [-0.1, -0.05) is 30.3 Å². The van der Waals surface area contributed by atoms with Gasteiger partial charge in [0.05, 0.1) is 13.1 Å². The van der Waals surface area contributed by atoms with Crippen molar-refractivity contribution in [1.82, 2.24) is 25.4 Å². The molecule has 0 bridgehead atoms. The highest BCUT2D eigenvalue weighted by Crippen LogP contribution is 1.97. The first kappa shape index (κ1) is 14.2. The molecule has 2 N–H and O–H groups in total. The number of hydrogen-bond donors (Lipinski definition) is 2. The smallest absolute Gasteiger partial charge is 0.234 e. The lowest BCUT2D eigenvalue weighted by Gasteiger charge is -2.07. The minimum absolute atomic E-state index is 0.0311. The topological polar surface area (TPSA) is 71.8 Å². The second-order valence-electron chi connectivity index (χ2n) is 4.40. The van der Waals surface area contributed by atoms with Crippen LogP contribution in [0.2, 0.25) is 0 Å². The van der Waals surface area contributed by atoms with Gasteiger partial charge in [-0.15, -0.1) is 10.2 Å². The highest BCUT2D eigenvalue weighted by atomic mass is 16.1. The fourth-order valence-electron chi connectivity index (χ4n) is 1.83. The SMILES string of the molecule is CCn1cnnc1CNCC(=O)NCc1ccccc1. The van der Waals surface area contributed by atoms with E-state index in [1.54, 1.807) is 6.33 Å². The molecule has 0 radical (unpaired) electrons. The Kier molecular flexibility index (Phi) is 5.25. The van der Waals surface area contributed by atoms with Crippen LogP contribution in [0.1, 0.15) is 18.3 Å². The van der Waals surface area contributed by atoms with Gasteiger partial charge in [0.1, 0.15) is 12.2 Å². The summed E-state index contributed by atoms with van der Waals surface area (Å²) in [6, 6.07) is 9.83. The minimum atomic E-state index is -0.0311. The van der Waals surface area contributed by atoms with Crippen molar-refractivity contribution in [2.24, 2.45) is 0 Å². The number of benzene rings is 1. The number of amides is 1. The average molecular weight is 273 g/mol. The molecule has 2 aromatic rings. The molecule has 1 heterocycles. The number of carbonyl (C=O) groups is 1. The zero-order valence-corrected chi connectivity index (χ0v) is 11.5. The molecule has 20 heavy (non-hydrogen) atoms. The van der Waals surface area contributed by atoms with Gasteiger partial charge in [-0.05, 0) is 12.5 Å². The van der Waals surface area contributed by atoms with Gasteiger partial charge in [-0.2, -0.15) is 0 Å². The van der Waals surface area contributed by atoms with E-state index in [-0.39, 0.29) is 12.5 Å². The van der Waals surface area contributed by atoms with Crippen LogP contribution < -0.4 is 10.6 Å². The van der Waals surface area contributed by atoms with Crippen molar-refractivity contribution in [1.29, 1.82) is 0 Å². The Morgan fingerprint density at radius 1 is 1.25 bits per heavy atom. The van der Waals surface area contributed by atoms with Crippen molar-refractivity contribution < 1.29 is 4.79 Å². The fraction of sp³-hybridized carbons (Fsp3) is 0.357. The second-order valence-corrected chi connectivity index (χ2v) is 4.40. The molecule has 2 rings (SSSR count). The number of hydrogen-bond acceptors (Lipinski definition) is 4. The van der Waals surface area contributed by atoms with E-state index in [0.717, 1.165) is 17.9 Å². The Hall–Kier alpha value is -2.21. The molecular formula is C14H19N5O. The molecule has 1 aromatic heterocycles. The Bertz CT molecular complexity index is 538. The third kappa shape index (κ3) is 4.17. The van der Waals surface area contributed by atoms with Gasteiger partial charge in [0.25, 0.3) is 0 Å². The molecule has 0 aliphatic heterocycles. The summed E-state index contributed by atoms with van der Waals surface area (Å²) < 4.78 is 1.94. The number of carbonyl (C=O) groups excluding carboxylic acids is 1. The molecule has 0 saturated heterocycles. The van der Waals surface area contributed by atoms with E-state index in [2.05, 4.69) is 20.8 Å². The maximum absolute atomic E-state index is 11.7. The average Bonchev–Trinajstić information content (AvgIpc) is 2.94. The Balaban J connectivity index is 1.68. The van der Waals surface area contributed by atoms with Crippen LogP contribution in [0.4, 0.5) is 0 Å². The van der Waals surface area contributed by atoms with Crippen molar-refractivity contribution in [2.75, 3.05) is 6.54 Å². The molecule has 106 valence electrons. The molecule has 0 aliphatic rings. The van der Waals surface area contributed by atoms with Crippen LogP contribution in [0, 0.1) is 0 Å². The van der Waals surface area contributed by atoms with Gasteiger partial charge >= 0.3 is 0 Å². The van der Waals surface area contributed by atoms with Gasteiger partial charge in [-0.3, -0.25) is 4.79 Å². The van der Waals surface area contributed by atoms with Crippen LogP contribution in [-0.2, 0) is 24.4 Å². The predicted molar refractivity (Wildman–Crippen MR) is 75.7 cm³/mol. The highest BCUT2D eigenvalue weighted by Gasteiger charge is 2.04. The molecule has 6 heteroatoms. The van der Waals surface area contributed by atoms with Crippen LogP contribution in [-0.4, -0.2) is 27.2 Å². The van der Waals surface area contributed by atoms with Crippen LogP contribution in [0.25, 0.3) is 0 Å². The molecule has 1 aromatic carbocycles. The number of nitrogens with zero attached hydrogens (tertiary/aromatic N) is 3. The lowest BCUT2D eigenvalue weighted by Crippen LogP contribution is -2.33. The Labute approximate surface area is 118 Å². The largest absolute Gasteiger partial charge is 0.351 e. The van der Waals surface area contributed by atoms with Crippen LogP contribution in [0.5, 0.6) is 0 Å². The third-order valence-corrected chi connectivity index (χ3v) is 2.94. The van der Waals surface area contributed by atoms with E-state index in [4.69, 9.17) is 0 Å². The summed E-state index contributed by atoms with van der Waals surface area (Å²) >= 11 is 0. The molecule has 0 unspecified atom stereocenters. The Morgan fingerprint density at radius 2 is 2.05 bits per heavy atom. The van der Waals surface area contributed by atoms with Crippen molar-refractivity contribution >= 4 is 5.91 Å². The van der Waals surface area contributed by atoms with E-state index >= 15 is 0 Å². The van der Waals surface area contributed by atoms with Gasteiger partial charge < -0.3 is 15.2 Å². The summed E-state index contributed by atoms with van der Waals surface area (Å²) in [6.45, 7) is 4.20. The van der Waals surface area contributed by atoms with E-state index in [1.807, 2.05) is 41.8 Å². The number of rotatable bonds is 7. The summed E-state index contributed by atoms with van der Waals surface area (Å²) in [5.41, 5.74) is 1.09. The number of nitrogens with one attached hydrogen (secondary N) is 2. The first-order valence-corrected chi connectivity index (χ1v) is 6.67. The fourth-order valence-corrected chi connectivity index (χ4v) is 1.83. The van der Waals surface area contributed by atoms with Gasteiger partial charge in [-0.25, -0.2) is 0 Å². The van der Waals surface area contributed by atoms with Gasteiger partial charge in [0, 0.05) is 13.1 Å². The summed E-state index contributed by atoms with van der Waals surface area (Å²) in [5, 5.41) is 13.8. The molecule has 0 aliphatic carbocycles. The van der Waals surface area contributed by atoms with Crippen LogP contribution in [0.3, 0.4) is 0 Å². The van der Waals surface area contributed by atoms with E-state index < -0.39 is 0 Å². The van der Waals surface area contributed by atoms with E-state index in [9.17, 15) is 4.79 Å². The third-order valence-electron chi connectivity index (χ3n) is 2.94. The maximum atomic E-state index is 11.7. The Morgan fingerprint density at radius 3 is 2.80 bits per heavy atom. The maximum Gasteiger partial charge on any atom is 0.234 e. The highest BCUT2D eigenvalue weighted by molar-refractivity contribution is 5.77. The zero-order valence-electron chi connectivity index (χ0n) is 11.5. The molecule has 0 fully saturated rings. The second kappa shape index (κ2) is 7.40. The lowest BCUT2D eigenvalue weighted by atomic mass is 10.2. The van der Waals surface area contributed by atoms with Crippen LogP contribution in [0.15, 0.2) is 36.7 Å². The molecule has 0 spiro atoms. The van der Waals surface area contributed by atoms with Crippen LogP contribution >= 0.6 is 0 Å². The standard InChI is InChI=1S/C14H19N5O/c1-2-19-11-17-18-13(19)9-15-10-14(20)16-8-12-6-4-3-5-7-12/h3-7,11,15H,2,8-10H2,1H3,(H,16,20). The predicted octanol–water partition coefficient (Wildman–Crippen LogP) is 0.704. The van der Waals surface area contributed by atoms with Crippen molar-refractivity contribution in [3.63, 3.8) is 0 Å². The zero-order chi connectivity index (χ0) is 14.2. The summed E-state index contributed by atoms with van der Waals surface area (Å²) in [6.07, 6.45) is 1.69. The molecule has 0 atom stereocenters. The lowest BCUT2D eigenvalue weighted by molar-refractivity contribution is -0.120. The number of aryl methyl sites for hydroxylation is 1. The molecule has 6 nitrogen and oxygen atoms in total. The van der Waals surface area contributed by atoms with E-state index in [1.165, 1.54) is 0 Å². The van der Waals surface area contributed by atoms with Gasteiger partial charge in [0.2, 0.25) is 5.91 Å². The first-order chi connectivity index (χ1) is 9.79. The van der Waals surface area contributed by atoms with E-state index in [0.29, 0.717) is 13.1 Å². The minimum Gasteiger partial charge on any atom is -0.351 e. The first-order valence-electron chi connectivity index (χ1n) is 6.67.